The summed E-state index contributed by atoms with van der Waals surface area (Å²) in [7, 11) is 0. The van der Waals surface area contributed by atoms with Crippen molar-refractivity contribution in [2.24, 2.45) is 0 Å². The molecule has 2 aromatic heterocycles. The van der Waals surface area contributed by atoms with Crippen LogP contribution in [-0.4, -0.2) is 15.0 Å². The lowest BCUT2D eigenvalue weighted by Crippen LogP contribution is -1.98. The van der Waals surface area contributed by atoms with E-state index in [-0.39, 0.29) is 0 Å². The van der Waals surface area contributed by atoms with Crippen LogP contribution in [0.4, 0.5) is 5.82 Å². The maximum Gasteiger partial charge on any atom is 0.165 e. The monoisotopic (exact) mass is 270 g/mol. The molecule has 19 heavy (non-hydrogen) atoms. The summed E-state index contributed by atoms with van der Waals surface area (Å²) in [6.45, 7) is 1.82. The van der Waals surface area contributed by atoms with Gasteiger partial charge >= 0.3 is 0 Å². The molecule has 1 aromatic carbocycles. The summed E-state index contributed by atoms with van der Waals surface area (Å²) >= 11 is 6.19. The molecule has 0 radical (unpaired) electrons. The molecule has 0 unspecified atom stereocenters. The van der Waals surface area contributed by atoms with Crippen molar-refractivity contribution in [3.63, 3.8) is 0 Å². The zero-order valence-corrected chi connectivity index (χ0v) is 11.0. The number of halogens is 1. The first-order valence-electron chi connectivity index (χ1n) is 5.80. The Balaban J connectivity index is 2.28. The van der Waals surface area contributed by atoms with E-state index >= 15 is 0 Å². The third-order valence-electron chi connectivity index (χ3n) is 2.88. The number of rotatable bonds is 1. The SMILES string of the molecule is Cc1ncc2cc(-c3ccccc3Cl)c(N)nc2n1. The van der Waals surface area contributed by atoms with Crippen molar-refractivity contribution in [3.05, 3.63) is 47.4 Å². The lowest BCUT2D eigenvalue weighted by Gasteiger charge is -2.08. The van der Waals surface area contributed by atoms with Crippen molar-refractivity contribution in [3.8, 4) is 11.1 Å². The molecule has 0 fully saturated rings. The zero-order chi connectivity index (χ0) is 13.4. The standard InChI is InChI=1S/C14H11ClN4/c1-8-17-7-9-6-11(13(16)19-14(9)18-8)10-4-2-3-5-12(10)15/h2-7H,1H3,(H2,16,17,18,19). The van der Waals surface area contributed by atoms with Gasteiger partial charge in [0.1, 0.15) is 11.6 Å². The third-order valence-corrected chi connectivity index (χ3v) is 3.21. The smallest absolute Gasteiger partial charge is 0.165 e. The van der Waals surface area contributed by atoms with Gasteiger partial charge in [0, 0.05) is 27.7 Å². The number of hydrogen-bond donors (Lipinski definition) is 1. The van der Waals surface area contributed by atoms with Crippen LogP contribution in [0.3, 0.4) is 0 Å². The largest absolute Gasteiger partial charge is 0.383 e. The van der Waals surface area contributed by atoms with Gasteiger partial charge < -0.3 is 5.73 Å². The molecule has 2 heterocycles. The number of aryl methyl sites for hydroxylation is 1. The summed E-state index contributed by atoms with van der Waals surface area (Å²) in [6.07, 6.45) is 1.74. The molecular weight excluding hydrogens is 260 g/mol. The molecule has 2 N–H and O–H groups in total. The number of nitrogen functional groups attached to an aromatic ring is 1. The predicted octanol–water partition coefficient (Wildman–Crippen LogP) is 3.24. The van der Waals surface area contributed by atoms with E-state index in [1.54, 1.807) is 6.20 Å². The molecular formula is C14H11ClN4. The molecule has 0 saturated carbocycles. The molecule has 3 rings (SSSR count). The highest BCUT2D eigenvalue weighted by molar-refractivity contribution is 6.33. The quantitative estimate of drug-likeness (QED) is 0.737. The summed E-state index contributed by atoms with van der Waals surface area (Å²) in [5.41, 5.74) is 8.26. The molecule has 0 amide bonds. The Morgan fingerprint density at radius 2 is 1.89 bits per heavy atom. The highest BCUT2D eigenvalue weighted by Gasteiger charge is 2.10. The summed E-state index contributed by atoms with van der Waals surface area (Å²) in [4.78, 5) is 12.7. The van der Waals surface area contributed by atoms with Crippen molar-refractivity contribution in [2.45, 2.75) is 6.92 Å². The normalized spacial score (nSPS) is 10.8. The fourth-order valence-electron chi connectivity index (χ4n) is 1.96. The van der Waals surface area contributed by atoms with Gasteiger partial charge in [0.2, 0.25) is 0 Å². The fraction of sp³-hybridized carbons (Fsp3) is 0.0714. The highest BCUT2D eigenvalue weighted by Crippen LogP contribution is 2.32. The van der Waals surface area contributed by atoms with Gasteiger partial charge in [0.15, 0.2) is 5.65 Å². The molecule has 0 bridgehead atoms. The summed E-state index contributed by atoms with van der Waals surface area (Å²) < 4.78 is 0. The topological polar surface area (TPSA) is 64.7 Å². The molecule has 0 atom stereocenters. The summed E-state index contributed by atoms with van der Waals surface area (Å²) in [5, 5.41) is 1.48. The average Bonchev–Trinajstić information content (AvgIpc) is 2.39. The number of benzene rings is 1. The van der Waals surface area contributed by atoms with Crippen LogP contribution in [0.1, 0.15) is 5.82 Å². The second-order valence-electron chi connectivity index (χ2n) is 4.23. The second-order valence-corrected chi connectivity index (χ2v) is 4.64. The van der Waals surface area contributed by atoms with Gasteiger partial charge in [-0.05, 0) is 19.1 Å². The maximum absolute atomic E-state index is 6.19. The number of hydrogen-bond acceptors (Lipinski definition) is 4. The Labute approximate surface area is 115 Å². The van der Waals surface area contributed by atoms with Crippen molar-refractivity contribution in [1.82, 2.24) is 15.0 Å². The van der Waals surface area contributed by atoms with Crippen LogP contribution in [-0.2, 0) is 0 Å². The molecule has 0 spiro atoms. The Morgan fingerprint density at radius 3 is 2.68 bits per heavy atom. The molecule has 0 aliphatic rings. The average molecular weight is 271 g/mol. The molecule has 0 aliphatic carbocycles. The first-order valence-corrected chi connectivity index (χ1v) is 6.18. The van der Waals surface area contributed by atoms with E-state index in [4.69, 9.17) is 17.3 Å². The van der Waals surface area contributed by atoms with E-state index in [9.17, 15) is 0 Å². The molecule has 0 aliphatic heterocycles. The van der Waals surface area contributed by atoms with E-state index in [2.05, 4.69) is 15.0 Å². The highest BCUT2D eigenvalue weighted by atomic mass is 35.5. The van der Waals surface area contributed by atoms with E-state index in [1.807, 2.05) is 37.3 Å². The lowest BCUT2D eigenvalue weighted by molar-refractivity contribution is 1.07. The van der Waals surface area contributed by atoms with Crippen LogP contribution in [0.15, 0.2) is 36.5 Å². The molecule has 5 heteroatoms. The van der Waals surface area contributed by atoms with Gasteiger partial charge in [-0.15, -0.1) is 0 Å². The van der Waals surface area contributed by atoms with Crippen molar-refractivity contribution >= 4 is 28.5 Å². The minimum atomic E-state index is 0.415. The van der Waals surface area contributed by atoms with E-state index in [1.165, 1.54) is 0 Å². The van der Waals surface area contributed by atoms with Gasteiger partial charge in [-0.3, -0.25) is 0 Å². The first-order chi connectivity index (χ1) is 9.15. The zero-order valence-electron chi connectivity index (χ0n) is 10.3. The van der Waals surface area contributed by atoms with Crippen molar-refractivity contribution in [2.75, 3.05) is 5.73 Å². The van der Waals surface area contributed by atoms with Gasteiger partial charge in [-0.25, -0.2) is 15.0 Å². The number of nitrogens with two attached hydrogens (primary N) is 1. The predicted molar refractivity (Wildman–Crippen MR) is 76.9 cm³/mol. The van der Waals surface area contributed by atoms with Crippen LogP contribution in [0.2, 0.25) is 5.02 Å². The number of aromatic nitrogens is 3. The minimum Gasteiger partial charge on any atom is -0.383 e. The lowest BCUT2D eigenvalue weighted by atomic mass is 10.1. The summed E-state index contributed by atoms with van der Waals surface area (Å²) in [5.74, 6) is 1.09. The van der Waals surface area contributed by atoms with Crippen LogP contribution in [0.25, 0.3) is 22.2 Å². The Morgan fingerprint density at radius 1 is 1.11 bits per heavy atom. The Kier molecular flexibility index (Phi) is 2.80. The Hall–Kier alpha value is -2.20. The van der Waals surface area contributed by atoms with Gasteiger partial charge in [-0.2, -0.15) is 0 Å². The van der Waals surface area contributed by atoms with Crippen LogP contribution >= 0.6 is 11.6 Å². The molecule has 3 aromatic rings. The third kappa shape index (κ3) is 2.11. The van der Waals surface area contributed by atoms with Crippen LogP contribution in [0, 0.1) is 6.92 Å². The van der Waals surface area contributed by atoms with Crippen LogP contribution < -0.4 is 5.73 Å². The second kappa shape index (κ2) is 4.48. The van der Waals surface area contributed by atoms with E-state index in [0.717, 1.165) is 16.5 Å². The number of nitrogens with zero attached hydrogens (tertiary/aromatic N) is 3. The van der Waals surface area contributed by atoms with Gasteiger partial charge in [-0.1, -0.05) is 29.8 Å². The molecule has 0 saturated heterocycles. The minimum absolute atomic E-state index is 0.415. The molecule has 94 valence electrons. The Bertz CT molecular complexity index is 770. The van der Waals surface area contributed by atoms with Crippen LogP contribution in [0.5, 0.6) is 0 Å². The fourth-order valence-corrected chi connectivity index (χ4v) is 2.20. The van der Waals surface area contributed by atoms with Crippen molar-refractivity contribution in [1.29, 1.82) is 0 Å². The van der Waals surface area contributed by atoms with E-state index < -0.39 is 0 Å². The number of anilines is 1. The summed E-state index contributed by atoms with van der Waals surface area (Å²) in [6, 6.07) is 9.44. The number of fused-ring (bicyclic) bond motifs is 1. The molecule has 4 nitrogen and oxygen atoms in total. The maximum atomic E-state index is 6.19. The van der Waals surface area contributed by atoms with E-state index in [0.29, 0.717) is 22.3 Å². The van der Waals surface area contributed by atoms with Gasteiger partial charge in [0.25, 0.3) is 0 Å². The number of pyridine rings is 1. The van der Waals surface area contributed by atoms with Crippen molar-refractivity contribution < 1.29 is 0 Å². The van der Waals surface area contributed by atoms with Gasteiger partial charge in [0.05, 0.1) is 0 Å². The first kappa shape index (κ1) is 11.9.